The number of piperidine rings is 1. The fourth-order valence-corrected chi connectivity index (χ4v) is 3.18. The van der Waals surface area contributed by atoms with Gasteiger partial charge in [0.1, 0.15) is 28.9 Å². The van der Waals surface area contributed by atoms with Gasteiger partial charge in [-0.2, -0.15) is 10.4 Å². The number of hydrogen-bond acceptors (Lipinski definition) is 6. The molecule has 1 unspecified atom stereocenters. The third-order valence-electron chi connectivity index (χ3n) is 4.58. The van der Waals surface area contributed by atoms with Gasteiger partial charge in [-0.1, -0.05) is 0 Å². The van der Waals surface area contributed by atoms with Gasteiger partial charge in [0, 0.05) is 29.2 Å². The van der Waals surface area contributed by atoms with Crippen molar-refractivity contribution in [3.05, 3.63) is 35.8 Å². The van der Waals surface area contributed by atoms with E-state index in [1.165, 1.54) is 24.0 Å². The fraction of sp³-hybridized carbons (Fsp3) is 0.389. The van der Waals surface area contributed by atoms with Crippen molar-refractivity contribution < 1.29 is 13.5 Å². The van der Waals surface area contributed by atoms with Crippen LogP contribution in [0.2, 0.25) is 0 Å². The second kappa shape index (κ2) is 7.32. The Balaban J connectivity index is 2.03. The van der Waals surface area contributed by atoms with E-state index in [1.54, 1.807) is 19.2 Å². The molecular formula is C18H20F2N6O. The molecule has 0 bridgehead atoms. The molecule has 2 aromatic rings. The van der Waals surface area contributed by atoms with Gasteiger partial charge in [-0.05, 0) is 26.0 Å². The largest absolute Gasteiger partial charge is 0.494 e. The van der Waals surface area contributed by atoms with E-state index < -0.39 is 12.0 Å². The second-order valence-electron chi connectivity index (χ2n) is 6.30. The number of hydrogen-bond donors (Lipinski definition) is 2. The number of nitrogens with zero attached hydrogens (tertiary/aromatic N) is 4. The molecule has 3 rings (SSSR count). The van der Waals surface area contributed by atoms with E-state index in [9.17, 15) is 14.0 Å². The number of halogens is 2. The fourth-order valence-electron chi connectivity index (χ4n) is 3.18. The van der Waals surface area contributed by atoms with Crippen LogP contribution in [0.25, 0.3) is 11.1 Å². The first kappa shape index (κ1) is 18.8. The lowest BCUT2D eigenvalue weighted by Gasteiger charge is -2.29. The molecule has 0 amide bonds. The lowest BCUT2D eigenvalue weighted by Crippen LogP contribution is -2.48. The highest BCUT2D eigenvalue weighted by Gasteiger charge is 2.41. The van der Waals surface area contributed by atoms with Crippen molar-refractivity contribution in [2.75, 3.05) is 20.2 Å². The number of nitriles is 1. The van der Waals surface area contributed by atoms with Crippen molar-refractivity contribution in [2.24, 2.45) is 10.7 Å². The van der Waals surface area contributed by atoms with Gasteiger partial charge in [-0.25, -0.2) is 13.3 Å². The van der Waals surface area contributed by atoms with Crippen LogP contribution in [0.15, 0.2) is 29.7 Å². The van der Waals surface area contributed by atoms with Gasteiger partial charge in [-0.3, -0.25) is 4.99 Å². The minimum Gasteiger partial charge on any atom is -0.494 e. The number of ether oxygens (including phenoxy) is 1. The molecule has 142 valence electrons. The molecule has 7 nitrogen and oxygen atoms in total. The molecule has 1 atom stereocenters. The van der Waals surface area contributed by atoms with Gasteiger partial charge in [0.15, 0.2) is 0 Å². The first-order chi connectivity index (χ1) is 12.9. The minimum atomic E-state index is -2.91. The predicted octanol–water partition coefficient (Wildman–Crippen LogP) is 1.97. The lowest BCUT2D eigenvalue weighted by molar-refractivity contribution is -0.0379. The molecule has 2 aromatic heterocycles. The Bertz CT molecular complexity index is 957. The molecule has 9 heteroatoms. The first-order valence-electron chi connectivity index (χ1n) is 8.42. The van der Waals surface area contributed by atoms with Gasteiger partial charge < -0.3 is 15.8 Å². The molecule has 1 fully saturated rings. The molecule has 27 heavy (non-hydrogen) atoms. The third-order valence-corrected chi connectivity index (χ3v) is 4.58. The number of fused-ring (bicyclic) bond motifs is 1. The Kier molecular flexibility index (Phi) is 5.10. The van der Waals surface area contributed by atoms with Gasteiger partial charge in [0.25, 0.3) is 5.92 Å². The molecule has 0 aliphatic carbocycles. The highest BCUT2D eigenvalue weighted by molar-refractivity contribution is 6.22. The molecule has 0 spiro atoms. The Morgan fingerprint density at radius 2 is 2.37 bits per heavy atom. The van der Waals surface area contributed by atoms with E-state index in [2.05, 4.69) is 21.5 Å². The molecule has 0 aromatic carbocycles. The molecule has 3 N–H and O–H groups in total. The number of aromatic nitrogens is 2. The molecule has 1 saturated heterocycles. The predicted molar refractivity (Wildman–Crippen MR) is 98.0 cm³/mol. The number of methoxy groups -OCH3 is 1. The average molecular weight is 374 g/mol. The minimum absolute atomic E-state index is 0.245. The molecular weight excluding hydrogens is 354 g/mol. The quantitative estimate of drug-likeness (QED) is 0.797. The normalized spacial score (nSPS) is 20.5. The molecule has 1 aliphatic heterocycles. The first-order valence-corrected chi connectivity index (χ1v) is 8.42. The zero-order valence-corrected chi connectivity index (χ0v) is 15.0. The maximum atomic E-state index is 14.1. The van der Waals surface area contributed by atoms with Crippen LogP contribution in [-0.4, -0.2) is 47.5 Å². The van der Waals surface area contributed by atoms with Crippen molar-refractivity contribution in [1.29, 1.82) is 5.26 Å². The maximum absolute atomic E-state index is 14.1. The Hall–Kier alpha value is -2.99. The number of aliphatic imine (C=N–C) groups is 1. The highest BCUT2D eigenvalue weighted by Crippen LogP contribution is 2.30. The summed E-state index contributed by atoms with van der Waals surface area (Å²) in [5.41, 5.74) is 8.18. The summed E-state index contributed by atoms with van der Waals surface area (Å²) in [4.78, 5) is 4.25. The molecule has 3 heterocycles. The zero-order chi connectivity index (χ0) is 19.6. The third kappa shape index (κ3) is 3.48. The van der Waals surface area contributed by atoms with Crippen LogP contribution in [0.4, 0.5) is 8.78 Å². The summed E-state index contributed by atoms with van der Waals surface area (Å²) in [6, 6.07) is 2.65. The van der Waals surface area contributed by atoms with Crippen LogP contribution < -0.4 is 15.8 Å². The van der Waals surface area contributed by atoms with Crippen LogP contribution >= 0.6 is 0 Å². The van der Waals surface area contributed by atoms with E-state index in [1.807, 2.05) is 0 Å². The number of nitrogens with two attached hydrogens (primary N) is 1. The van der Waals surface area contributed by atoms with E-state index in [4.69, 9.17) is 10.5 Å². The lowest BCUT2D eigenvalue weighted by atomic mass is 10.0. The van der Waals surface area contributed by atoms with E-state index in [0.717, 1.165) is 0 Å². The summed E-state index contributed by atoms with van der Waals surface area (Å²) in [5.74, 6) is -2.48. The Morgan fingerprint density at radius 1 is 1.59 bits per heavy atom. The number of nitrogens with one attached hydrogen (secondary N) is 1. The van der Waals surface area contributed by atoms with Crippen molar-refractivity contribution in [3.8, 4) is 11.8 Å². The van der Waals surface area contributed by atoms with Crippen LogP contribution in [0.3, 0.4) is 0 Å². The van der Waals surface area contributed by atoms with Gasteiger partial charge in [0.05, 0.1) is 19.9 Å². The summed E-state index contributed by atoms with van der Waals surface area (Å²) < 4.78 is 35.0. The smallest absolute Gasteiger partial charge is 0.282 e. The number of pyridine rings is 1. The van der Waals surface area contributed by atoms with Crippen molar-refractivity contribution in [1.82, 2.24) is 14.9 Å². The molecule has 0 saturated carbocycles. The van der Waals surface area contributed by atoms with Crippen molar-refractivity contribution in [2.45, 2.75) is 25.3 Å². The molecule has 0 radical (unpaired) electrons. The summed E-state index contributed by atoms with van der Waals surface area (Å²) in [5, 5.41) is 16.0. The number of allylic oxidation sites excluding steroid dienone is 1. The monoisotopic (exact) mass is 374 g/mol. The van der Waals surface area contributed by atoms with E-state index >= 15 is 0 Å². The topological polar surface area (TPSA) is 101 Å². The Morgan fingerprint density at radius 3 is 3.00 bits per heavy atom. The van der Waals surface area contributed by atoms with Gasteiger partial charge >= 0.3 is 0 Å². The molecule has 1 aliphatic rings. The zero-order valence-electron chi connectivity index (χ0n) is 15.0. The van der Waals surface area contributed by atoms with Crippen LogP contribution in [0.1, 0.15) is 24.5 Å². The standard InChI is InChI=1S/C18H20F2N6O/c1-11(25-16-3-4-23-10-18(16,19)20)14(7-22)12-5-15(27-2)17-13(6-21)8-24-26(17)9-12/h5,7-9,16,23H,3-4,10,22H2,1-2H3/b14-7+,25-11?. The van der Waals surface area contributed by atoms with E-state index in [0.29, 0.717) is 40.2 Å². The average Bonchev–Trinajstić information content (AvgIpc) is 3.06. The van der Waals surface area contributed by atoms with Crippen molar-refractivity contribution >= 4 is 16.8 Å². The summed E-state index contributed by atoms with van der Waals surface area (Å²) in [7, 11) is 1.48. The van der Waals surface area contributed by atoms with Crippen LogP contribution in [0.5, 0.6) is 5.75 Å². The SMILES string of the molecule is COc1cc(/C(=C/N)C(C)=NC2CCNCC2(F)F)cn2ncc(C#N)c12. The van der Waals surface area contributed by atoms with Crippen LogP contribution in [0, 0.1) is 11.3 Å². The second-order valence-corrected chi connectivity index (χ2v) is 6.30. The summed E-state index contributed by atoms with van der Waals surface area (Å²) >= 11 is 0. The van der Waals surface area contributed by atoms with E-state index in [-0.39, 0.29) is 13.0 Å². The summed E-state index contributed by atoms with van der Waals surface area (Å²) in [6.07, 6.45) is 4.67. The van der Waals surface area contributed by atoms with Crippen molar-refractivity contribution in [3.63, 3.8) is 0 Å². The maximum Gasteiger partial charge on any atom is 0.282 e. The van der Waals surface area contributed by atoms with Crippen LogP contribution in [-0.2, 0) is 0 Å². The van der Waals surface area contributed by atoms with Gasteiger partial charge in [-0.15, -0.1) is 0 Å². The summed E-state index contributed by atoms with van der Waals surface area (Å²) in [6.45, 7) is 1.75. The highest BCUT2D eigenvalue weighted by atomic mass is 19.3. The number of rotatable bonds is 4. The Labute approximate surface area is 155 Å². The number of alkyl halides is 2. The van der Waals surface area contributed by atoms with Gasteiger partial charge in [0.2, 0.25) is 0 Å².